The molecular weight excluding hydrogens is 1730 g/mol. The van der Waals surface area contributed by atoms with Gasteiger partial charge >= 0.3 is 28.4 Å². The normalized spacial score (nSPS) is 10.3. The third kappa shape index (κ3) is 24.1. The lowest BCUT2D eigenvalue weighted by molar-refractivity contribution is 0.299. The molecule has 0 bridgehead atoms. The van der Waals surface area contributed by atoms with E-state index >= 15 is 0 Å². The Morgan fingerprint density at radius 3 is 0.900 bits per heavy atom. The standard InChI is InChI=1S/C17H18N4O2.C16H15BrN4O2.C16H15ClN4O2.C16H15FN4O2.C16H15IN4O2.5CH4/c1-12-6-4-8-14(10-12)23-11-15-13(2)7-5-9-16(15)21-17(22)20(3)18-19-21;4*1-11-5-3-6-12(9-11)23-10-13-14(17)7-4-8-15(13)21-16(22)20(2)18-19-21;;;;;/h4-10H,11H2,1-3H3;4*3-9H,10H2,1-2H3;5*1H4. The van der Waals surface area contributed by atoms with Gasteiger partial charge in [-0.3, -0.25) is 0 Å². The molecule has 120 heavy (non-hydrogen) atoms. The highest BCUT2D eigenvalue weighted by molar-refractivity contribution is 14.1. The lowest BCUT2D eigenvalue weighted by atomic mass is 10.1. The molecule has 0 spiro atoms. The summed E-state index contributed by atoms with van der Waals surface area (Å²) in [6, 6.07) is 65.4. The zero-order valence-corrected chi connectivity index (χ0v) is 68.8. The van der Waals surface area contributed by atoms with E-state index < -0.39 is 11.5 Å². The Kier molecular flexibility index (Phi) is 35.5. The van der Waals surface area contributed by atoms with Crippen LogP contribution >= 0.6 is 50.1 Å². The molecule has 0 N–H and O–H groups in total. The van der Waals surface area contributed by atoms with Gasteiger partial charge in [0.1, 0.15) is 67.6 Å². The van der Waals surface area contributed by atoms with Crippen molar-refractivity contribution < 1.29 is 28.1 Å². The van der Waals surface area contributed by atoms with Crippen molar-refractivity contribution in [2.75, 3.05) is 0 Å². The third-order valence-electron chi connectivity index (χ3n) is 17.4. The number of ether oxygens (including phenoxy) is 5. The molecule has 0 aliphatic carbocycles. The van der Waals surface area contributed by atoms with Gasteiger partial charge in [-0.15, -0.1) is 0 Å². The van der Waals surface area contributed by atoms with Crippen LogP contribution in [0.1, 0.15) is 98.3 Å². The van der Waals surface area contributed by atoms with Crippen molar-refractivity contribution in [1.82, 2.24) is 99.0 Å². The van der Waals surface area contributed by atoms with E-state index in [-0.39, 0.29) is 78.7 Å². The summed E-state index contributed by atoms with van der Waals surface area (Å²) >= 11 is 12.0. The van der Waals surface area contributed by atoms with Gasteiger partial charge in [0.25, 0.3) is 0 Å². The van der Waals surface area contributed by atoms with Crippen molar-refractivity contribution in [2.24, 2.45) is 35.2 Å². The molecule has 5 heterocycles. The molecule has 5 aromatic heterocycles. The molecule has 0 aliphatic heterocycles. The van der Waals surface area contributed by atoms with Crippen molar-refractivity contribution in [3.63, 3.8) is 0 Å². The summed E-state index contributed by atoms with van der Waals surface area (Å²) in [6.07, 6.45) is 0. The minimum absolute atomic E-state index is 0. The van der Waals surface area contributed by atoms with Crippen LogP contribution in [0.5, 0.6) is 28.7 Å². The Balaban J connectivity index is 0.000000230. The minimum Gasteiger partial charge on any atom is -0.489 e. The van der Waals surface area contributed by atoms with Crippen molar-refractivity contribution in [1.29, 1.82) is 0 Å². The SMILES string of the molecule is C.C.C.C.C.Cc1cccc(OCc2c(Br)cccc2-n2nnn(C)c2=O)c1.Cc1cccc(OCc2c(C)cccc2-n2nnn(C)c2=O)c1.Cc1cccc(OCc2c(Cl)cccc2-n2nnn(C)c2=O)c1.Cc1cccc(OCc2c(F)cccc2-n2nnn(C)c2=O)c1.Cc1cccc(OCc2c(I)cccc2-n2nnn(C)c2=O)c1. The number of aromatic nitrogens is 20. The predicted molar refractivity (Wildman–Crippen MR) is 474 cm³/mol. The van der Waals surface area contributed by atoms with Crippen molar-refractivity contribution >= 4 is 50.1 Å². The van der Waals surface area contributed by atoms with Gasteiger partial charge in [-0.1, -0.05) is 162 Å². The molecule has 15 aromatic rings. The molecule has 34 heteroatoms. The molecule has 0 amide bonds. The molecule has 0 atom stereocenters. The Morgan fingerprint density at radius 2 is 0.567 bits per heavy atom. The molecule has 0 saturated heterocycles. The summed E-state index contributed by atoms with van der Waals surface area (Å²) < 4.78 is 57.1. The van der Waals surface area contributed by atoms with E-state index in [9.17, 15) is 28.4 Å². The molecule has 15 rings (SSSR count). The average molecular weight is 1830 g/mol. The minimum atomic E-state index is -0.465. The zero-order chi connectivity index (χ0) is 82.0. The van der Waals surface area contributed by atoms with E-state index in [0.717, 1.165) is 95.2 Å². The van der Waals surface area contributed by atoms with Gasteiger partial charge < -0.3 is 23.7 Å². The highest BCUT2D eigenvalue weighted by Crippen LogP contribution is 2.29. The average Bonchev–Trinajstić information content (AvgIpc) is 1.66. The smallest absolute Gasteiger partial charge is 0.368 e. The maximum atomic E-state index is 14.2. The van der Waals surface area contributed by atoms with Gasteiger partial charge in [0.05, 0.1) is 34.0 Å². The number of tetrazole rings is 5. The monoisotopic (exact) mass is 1830 g/mol. The largest absolute Gasteiger partial charge is 0.489 e. The van der Waals surface area contributed by atoms with E-state index in [1.165, 1.54) is 52.0 Å². The van der Waals surface area contributed by atoms with Crippen LogP contribution < -0.4 is 52.1 Å². The quantitative estimate of drug-likeness (QED) is 0.0640. The lowest BCUT2D eigenvalue weighted by Gasteiger charge is -2.13. The Morgan fingerprint density at radius 1 is 0.317 bits per heavy atom. The second-order valence-corrected chi connectivity index (χ2v) is 28.5. The number of hydrogen-bond donors (Lipinski definition) is 0. The molecule has 0 saturated carbocycles. The van der Waals surface area contributed by atoms with E-state index in [2.05, 4.69) is 90.7 Å². The fourth-order valence-corrected chi connectivity index (χ4v) is 12.6. The fourth-order valence-electron chi connectivity index (χ4n) is 11.3. The zero-order valence-electron chi connectivity index (χ0n) is 64.3. The summed E-state index contributed by atoms with van der Waals surface area (Å²) in [6.45, 7) is 13.2. The maximum Gasteiger partial charge on any atom is 0.368 e. The Bertz CT molecular complexity index is 5380. The van der Waals surface area contributed by atoms with Crippen molar-refractivity contribution in [2.45, 2.75) is 112 Å². The summed E-state index contributed by atoms with van der Waals surface area (Å²) in [5.41, 5.74) is 11.4. The summed E-state index contributed by atoms with van der Waals surface area (Å²) in [7, 11) is 7.73. The highest BCUT2D eigenvalue weighted by atomic mass is 127. The van der Waals surface area contributed by atoms with Crippen LogP contribution in [0, 0.1) is 50.9 Å². The number of aryl methyl sites for hydroxylation is 11. The van der Waals surface area contributed by atoms with Crippen molar-refractivity contribution in [3.8, 4) is 57.2 Å². The van der Waals surface area contributed by atoms with Crippen molar-refractivity contribution in [3.05, 3.63) is 345 Å². The highest BCUT2D eigenvalue weighted by Gasteiger charge is 2.21. The predicted octanol–water partition coefficient (Wildman–Crippen LogP) is 14.9. The molecule has 0 aliphatic rings. The van der Waals surface area contributed by atoms with E-state index in [1.807, 2.05) is 211 Å². The Hall–Kier alpha value is -13.0. The molecule has 10 aromatic carbocycles. The topological polar surface area (TPSA) is 310 Å². The fraction of sp³-hybridized carbons (Fsp3) is 0.244. The first-order valence-electron chi connectivity index (χ1n) is 35.4. The second kappa shape index (κ2) is 44.5. The summed E-state index contributed by atoms with van der Waals surface area (Å²) in [5.74, 6) is 3.27. The molecule has 0 fully saturated rings. The number of rotatable bonds is 20. The number of hydrogen-bond acceptors (Lipinski definition) is 20. The third-order valence-corrected chi connectivity index (χ3v) is 19.5. The van der Waals surface area contributed by atoms with Gasteiger partial charge in [-0.25, -0.2) is 28.4 Å². The van der Waals surface area contributed by atoms with Gasteiger partial charge in [-0.05, 0) is 265 Å². The van der Waals surface area contributed by atoms with Crippen LogP contribution in [0.15, 0.2) is 241 Å². The first kappa shape index (κ1) is 95.8. The lowest BCUT2D eigenvalue weighted by Crippen LogP contribution is -2.23. The number of halogens is 4. The number of nitrogens with zero attached hydrogens (tertiary/aromatic N) is 20. The first-order chi connectivity index (χ1) is 55.3. The molecule has 630 valence electrons. The molecular formula is C86H98BrClFIN20O10. The molecule has 30 nitrogen and oxygen atoms in total. The van der Waals surface area contributed by atoms with E-state index in [1.54, 1.807) is 58.5 Å². The summed E-state index contributed by atoms with van der Waals surface area (Å²) in [5, 5.41) is 38.5. The van der Waals surface area contributed by atoms with Gasteiger partial charge in [0, 0.05) is 70.6 Å². The van der Waals surface area contributed by atoms with E-state index in [0.29, 0.717) is 64.6 Å². The van der Waals surface area contributed by atoms with Crippen LogP contribution in [0.2, 0.25) is 5.02 Å². The number of benzene rings is 10. The second-order valence-electron chi connectivity index (χ2n) is 26.0. The summed E-state index contributed by atoms with van der Waals surface area (Å²) in [4.78, 5) is 60.4. The first-order valence-corrected chi connectivity index (χ1v) is 37.7. The van der Waals surface area contributed by atoms with Gasteiger partial charge in [-0.2, -0.15) is 46.8 Å². The van der Waals surface area contributed by atoms with Crippen LogP contribution in [0.25, 0.3) is 28.4 Å². The van der Waals surface area contributed by atoms with Crippen LogP contribution in [-0.4, -0.2) is 99.0 Å². The van der Waals surface area contributed by atoms with Crippen LogP contribution in [0.3, 0.4) is 0 Å². The maximum absolute atomic E-state index is 14.2. The van der Waals surface area contributed by atoms with Crippen LogP contribution in [-0.2, 0) is 68.3 Å². The molecule has 0 unspecified atom stereocenters. The van der Waals surface area contributed by atoms with Gasteiger partial charge in [0.15, 0.2) is 0 Å². The Labute approximate surface area is 721 Å². The van der Waals surface area contributed by atoms with Crippen LogP contribution in [0.4, 0.5) is 4.39 Å². The molecule has 0 radical (unpaired) electrons. The van der Waals surface area contributed by atoms with Gasteiger partial charge in [0.2, 0.25) is 0 Å². The van der Waals surface area contributed by atoms with E-state index in [4.69, 9.17) is 35.3 Å².